The summed E-state index contributed by atoms with van der Waals surface area (Å²) in [7, 11) is 0. The summed E-state index contributed by atoms with van der Waals surface area (Å²) in [6.45, 7) is 6.95. The second kappa shape index (κ2) is 9.00. The third-order valence-electron chi connectivity index (χ3n) is 4.29. The quantitative estimate of drug-likeness (QED) is 0.773. The van der Waals surface area contributed by atoms with Gasteiger partial charge in [0.15, 0.2) is 16.6 Å². The minimum absolute atomic E-state index is 0.194. The third kappa shape index (κ3) is 4.53. The van der Waals surface area contributed by atoms with Crippen molar-refractivity contribution in [2.24, 2.45) is 0 Å². The molecule has 2 N–H and O–H groups in total. The number of hydrogen-bond acceptors (Lipinski definition) is 6. The maximum absolute atomic E-state index is 12.6. The van der Waals surface area contributed by atoms with Crippen molar-refractivity contribution in [1.82, 2.24) is 10.3 Å². The maximum atomic E-state index is 12.6. The van der Waals surface area contributed by atoms with Crippen LogP contribution in [0.1, 0.15) is 47.8 Å². The highest BCUT2D eigenvalue weighted by atomic mass is 32.1. The van der Waals surface area contributed by atoms with E-state index in [1.54, 1.807) is 29.5 Å². The predicted molar refractivity (Wildman–Crippen MR) is 104 cm³/mol. The highest BCUT2D eigenvalue weighted by molar-refractivity contribution is 7.15. The Morgan fingerprint density at radius 3 is 2.69 bits per heavy atom. The van der Waals surface area contributed by atoms with Gasteiger partial charge >= 0.3 is 0 Å². The molecule has 1 aliphatic rings. The zero-order valence-corrected chi connectivity index (χ0v) is 16.0. The zero-order chi connectivity index (χ0) is 18.4. The summed E-state index contributed by atoms with van der Waals surface area (Å²) < 4.78 is 11.1. The van der Waals surface area contributed by atoms with E-state index in [4.69, 9.17) is 9.47 Å². The second-order valence-electron chi connectivity index (χ2n) is 6.07. The number of nitrogens with one attached hydrogen (secondary N) is 2. The van der Waals surface area contributed by atoms with Crippen molar-refractivity contribution in [2.75, 3.05) is 31.6 Å². The van der Waals surface area contributed by atoms with E-state index in [0.29, 0.717) is 41.3 Å². The van der Waals surface area contributed by atoms with Crippen LogP contribution in [0.25, 0.3) is 0 Å². The Morgan fingerprint density at radius 1 is 1.23 bits per heavy atom. The van der Waals surface area contributed by atoms with Crippen LogP contribution in [-0.2, 0) is 0 Å². The Labute approximate surface area is 157 Å². The predicted octanol–water partition coefficient (Wildman–Crippen LogP) is 3.66. The number of benzene rings is 1. The van der Waals surface area contributed by atoms with Crippen LogP contribution in [0.2, 0.25) is 0 Å². The van der Waals surface area contributed by atoms with Crippen molar-refractivity contribution in [3.63, 3.8) is 0 Å². The number of thiazole rings is 1. The summed E-state index contributed by atoms with van der Waals surface area (Å²) in [5, 5.41) is 6.90. The topological polar surface area (TPSA) is 72.5 Å². The van der Waals surface area contributed by atoms with Crippen LogP contribution in [0, 0.1) is 0 Å². The second-order valence-corrected chi connectivity index (χ2v) is 7.14. The van der Waals surface area contributed by atoms with Crippen LogP contribution < -0.4 is 20.1 Å². The van der Waals surface area contributed by atoms with E-state index in [1.165, 1.54) is 4.88 Å². The Balaban J connectivity index is 1.69. The Kier molecular flexibility index (Phi) is 6.46. The van der Waals surface area contributed by atoms with E-state index in [9.17, 15) is 4.79 Å². The van der Waals surface area contributed by atoms with Crippen LogP contribution in [-0.4, -0.2) is 37.2 Å². The number of ether oxygens (including phenoxy) is 2. The van der Waals surface area contributed by atoms with Crippen molar-refractivity contribution in [1.29, 1.82) is 0 Å². The van der Waals surface area contributed by atoms with Gasteiger partial charge in [0, 0.05) is 16.6 Å². The summed E-state index contributed by atoms with van der Waals surface area (Å²) in [6.07, 6.45) is 4.12. The summed E-state index contributed by atoms with van der Waals surface area (Å²) in [6, 6.07) is 5.22. The van der Waals surface area contributed by atoms with Gasteiger partial charge < -0.3 is 14.8 Å². The number of piperidine rings is 1. The van der Waals surface area contributed by atoms with Gasteiger partial charge in [-0.1, -0.05) is 0 Å². The molecule has 2 heterocycles. The van der Waals surface area contributed by atoms with Gasteiger partial charge in [-0.25, -0.2) is 4.98 Å². The molecule has 1 aliphatic heterocycles. The van der Waals surface area contributed by atoms with E-state index >= 15 is 0 Å². The van der Waals surface area contributed by atoms with E-state index in [2.05, 4.69) is 15.6 Å². The fourth-order valence-electron chi connectivity index (χ4n) is 3.00. The minimum Gasteiger partial charge on any atom is -0.490 e. The number of rotatable bonds is 7. The molecule has 140 valence electrons. The van der Waals surface area contributed by atoms with Gasteiger partial charge in [0.1, 0.15) is 0 Å². The maximum Gasteiger partial charge on any atom is 0.257 e. The molecular weight excluding hydrogens is 350 g/mol. The molecule has 7 heteroatoms. The molecule has 1 aromatic carbocycles. The van der Waals surface area contributed by atoms with E-state index in [0.717, 1.165) is 25.9 Å². The Bertz CT molecular complexity index is 741. The number of hydrogen-bond donors (Lipinski definition) is 2. The Morgan fingerprint density at radius 2 is 1.96 bits per heavy atom. The molecule has 3 rings (SSSR count). The molecular formula is C19H25N3O3S. The van der Waals surface area contributed by atoms with Gasteiger partial charge in [-0.05, 0) is 63.9 Å². The molecule has 0 unspecified atom stereocenters. The van der Waals surface area contributed by atoms with Crippen molar-refractivity contribution in [2.45, 2.75) is 32.6 Å². The molecule has 0 spiro atoms. The first-order valence-electron chi connectivity index (χ1n) is 9.08. The molecule has 1 saturated heterocycles. The SMILES string of the molecule is CCOc1ccc(C(=O)Nc2ncc(C3CCNCC3)s2)cc1OCC. The van der Waals surface area contributed by atoms with Gasteiger partial charge in [0.05, 0.1) is 13.2 Å². The van der Waals surface area contributed by atoms with E-state index in [1.807, 2.05) is 20.0 Å². The highest BCUT2D eigenvalue weighted by Gasteiger charge is 2.19. The molecule has 1 aromatic heterocycles. The highest BCUT2D eigenvalue weighted by Crippen LogP contribution is 2.32. The molecule has 26 heavy (non-hydrogen) atoms. The smallest absolute Gasteiger partial charge is 0.257 e. The lowest BCUT2D eigenvalue weighted by molar-refractivity contribution is 0.102. The van der Waals surface area contributed by atoms with Crippen molar-refractivity contribution in [3.05, 3.63) is 34.8 Å². The lowest BCUT2D eigenvalue weighted by Crippen LogP contribution is -2.26. The van der Waals surface area contributed by atoms with Gasteiger partial charge in [0.25, 0.3) is 5.91 Å². The normalized spacial score (nSPS) is 14.8. The average Bonchev–Trinajstić information content (AvgIpc) is 3.13. The minimum atomic E-state index is -0.194. The summed E-state index contributed by atoms with van der Waals surface area (Å²) >= 11 is 1.56. The van der Waals surface area contributed by atoms with E-state index < -0.39 is 0 Å². The fraction of sp³-hybridized carbons (Fsp3) is 0.474. The van der Waals surface area contributed by atoms with Crippen molar-refractivity contribution < 1.29 is 14.3 Å². The van der Waals surface area contributed by atoms with Gasteiger partial charge in [-0.3, -0.25) is 10.1 Å². The Hall–Kier alpha value is -2.12. The lowest BCUT2D eigenvalue weighted by Gasteiger charge is -2.20. The number of aromatic nitrogens is 1. The number of carbonyl (C=O) groups is 1. The largest absolute Gasteiger partial charge is 0.490 e. The van der Waals surface area contributed by atoms with Crippen LogP contribution >= 0.6 is 11.3 Å². The van der Waals surface area contributed by atoms with Gasteiger partial charge in [0.2, 0.25) is 0 Å². The summed E-state index contributed by atoms with van der Waals surface area (Å²) in [4.78, 5) is 18.2. The van der Waals surface area contributed by atoms with Crippen LogP contribution in [0.3, 0.4) is 0 Å². The molecule has 6 nitrogen and oxygen atoms in total. The third-order valence-corrected chi connectivity index (χ3v) is 5.37. The molecule has 1 amide bonds. The standard InChI is InChI=1S/C19H25N3O3S/c1-3-24-15-6-5-14(11-16(15)25-4-2)18(23)22-19-21-12-17(26-19)13-7-9-20-10-8-13/h5-6,11-13,20H,3-4,7-10H2,1-2H3,(H,21,22,23). The van der Waals surface area contributed by atoms with E-state index in [-0.39, 0.29) is 5.91 Å². The molecule has 0 bridgehead atoms. The van der Waals surface area contributed by atoms with Crippen LogP contribution in [0.5, 0.6) is 11.5 Å². The van der Waals surface area contributed by atoms with Crippen LogP contribution in [0.4, 0.5) is 5.13 Å². The van der Waals surface area contributed by atoms with Gasteiger partial charge in [-0.2, -0.15) is 0 Å². The monoisotopic (exact) mass is 375 g/mol. The molecule has 1 fully saturated rings. The molecule has 0 aliphatic carbocycles. The molecule has 2 aromatic rings. The van der Waals surface area contributed by atoms with Crippen molar-refractivity contribution in [3.8, 4) is 11.5 Å². The van der Waals surface area contributed by atoms with Crippen LogP contribution in [0.15, 0.2) is 24.4 Å². The average molecular weight is 375 g/mol. The first-order valence-corrected chi connectivity index (χ1v) is 9.90. The number of nitrogens with zero attached hydrogens (tertiary/aromatic N) is 1. The number of carbonyl (C=O) groups excluding carboxylic acids is 1. The van der Waals surface area contributed by atoms with Crippen molar-refractivity contribution >= 4 is 22.4 Å². The lowest BCUT2D eigenvalue weighted by atomic mass is 9.97. The number of anilines is 1. The molecule has 0 saturated carbocycles. The fourth-order valence-corrected chi connectivity index (χ4v) is 3.98. The molecule has 0 radical (unpaired) electrons. The number of amides is 1. The van der Waals surface area contributed by atoms with Gasteiger partial charge in [-0.15, -0.1) is 11.3 Å². The molecule has 0 atom stereocenters. The first kappa shape index (κ1) is 18.7. The first-order chi connectivity index (χ1) is 12.7. The summed E-state index contributed by atoms with van der Waals surface area (Å²) in [5.41, 5.74) is 0.524. The zero-order valence-electron chi connectivity index (χ0n) is 15.2. The summed E-state index contributed by atoms with van der Waals surface area (Å²) in [5.74, 6) is 1.57.